The molecular weight excluding hydrogens is 453 g/mol. The second kappa shape index (κ2) is 9.17. The van der Waals surface area contributed by atoms with E-state index >= 15 is 0 Å². The van der Waals surface area contributed by atoms with E-state index in [1.807, 2.05) is 0 Å². The van der Waals surface area contributed by atoms with Gasteiger partial charge in [0.25, 0.3) is 0 Å². The molecule has 3 aromatic carbocycles. The Labute approximate surface area is 181 Å². The summed E-state index contributed by atoms with van der Waals surface area (Å²) < 4.78 is 95.5. The third kappa shape index (κ3) is 4.86. The van der Waals surface area contributed by atoms with E-state index in [1.165, 1.54) is 43.3 Å². The van der Waals surface area contributed by atoms with Gasteiger partial charge in [-0.25, -0.2) is 30.4 Å². The number of carbonyl (C=O) groups excluding carboxylic acids is 1. The van der Waals surface area contributed by atoms with Crippen LogP contribution in [0.5, 0.6) is 0 Å². The van der Waals surface area contributed by atoms with E-state index in [9.17, 15) is 35.2 Å². The molecule has 0 saturated carbocycles. The summed E-state index contributed by atoms with van der Waals surface area (Å²) in [6.45, 7) is 0.460. The Hall–Kier alpha value is -3.11. The fraction of sp³-hybridized carbons (Fsp3) is 0.136. The smallest absolute Gasteiger partial charge is 0.246 e. The molecule has 0 atom stereocenters. The van der Waals surface area contributed by atoms with Crippen molar-refractivity contribution >= 4 is 15.8 Å². The van der Waals surface area contributed by atoms with Crippen molar-refractivity contribution in [1.82, 2.24) is 4.31 Å². The first-order chi connectivity index (χ1) is 15.0. The fourth-order valence-corrected chi connectivity index (χ4v) is 4.48. The molecule has 0 N–H and O–H groups in total. The Balaban J connectivity index is 2.07. The SMILES string of the molecule is CC(=O)c1ccc(CN(Cc2cccc(F)c2)S(=O)(=O)c2cc(F)c(F)c(F)c2F)cc1. The van der Waals surface area contributed by atoms with Crippen molar-refractivity contribution in [2.45, 2.75) is 24.9 Å². The average Bonchev–Trinajstić information content (AvgIpc) is 2.74. The normalized spacial score (nSPS) is 11.7. The van der Waals surface area contributed by atoms with Gasteiger partial charge in [0, 0.05) is 24.7 Å². The van der Waals surface area contributed by atoms with Crippen LogP contribution in [0.15, 0.2) is 59.5 Å². The van der Waals surface area contributed by atoms with Crippen LogP contribution in [0.25, 0.3) is 0 Å². The lowest BCUT2D eigenvalue weighted by molar-refractivity contribution is 0.101. The van der Waals surface area contributed by atoms with Crippen molar-refractivity contribution in [2.75, 3.05) is 0 Å². The molecule has 0 fully saturated rings. The first kappa shape index (κ1) is 23.6. The first-order valence-electron chi connectivity index (χ1n) is 9.18. The van der Waals surface area contributed by atoms with Crippen LogP contribution < -0.4 is 0 Å². The van der Waals surface area contributed by atoms with Crippen LogP contribution in [0.4, 0.5) is 22.0 Å². The predicted octanol–water partition coefficient (Wildman–Crippen LogP) is 4.98. The van der Waals surface area contributed by atoms with Crippen LogP contribution in [-0.2, 0) is 23.1 Å². The zero-order valence-electron chi connectivity index (χ0n) is 16.6. The van der Waals surface area contributed by atoms with Crippen molar-refractivity contribution in [3.8, 4) is 0 Å². The van der Waals surface area contributed by atoms with Crippen LogP contribution in [0.1, 0.15) is 28.4 Å². The van der Waals surface area contributed by atoms with E-state index in [4.69, 9.17) is 0 Å². The summed E-state index contributed by atoms with van der Waals surface area (Å²) in [5.41, 5.74) is 0.901. The highest BCUT2D eigenvalue weighted by molar-refractivity contribution is 7.89. The highest BCUT2D eigenvalue weighted by Gasteiger charge is 2.32. The van der Waals surface area contributed by atoms with Crippen LogP contribution in [-0.4, -0.2) is 18.5 Å². The van der Waals surface area contributed by atoms with Crippen LogP contribution in [0.3, 0.4) is 0 Å². The second-order valence-electron chi connectivity index (χ2n) is 6.95. The molecule has 4 nitrogen and oxygen atoms in total. The second-order valence-corrected chi connectivity index (χ2v) is 8.86. The molecule has 0 saturated heterocycles. The van der Waals surface area contributed by atoms with E-state index in [1.54, 1.807) is 0 Å². The topological polar surface area (TPSA) is 54.5 Å². The van der Waals surface area contributed by atoms with Gasteiger partial charge in [-0.3, -0.25) is 4.79 Å². The van der Waals surface area contributed by atoms with Gasteiger partial charge in [0.2, 0.25) is 10.0 Å². The summed E-state index contributed by atoms with van der Waals surface area (Å²) in [6, 6.07) is 10.8. The number of ketones is 1. The molecule has 10 heteroatoms. The fourth-order valence-electron chi connectivity index (χ4n) is 2.99. The third-order valence-corrected chi connectivity index (χ3v) is 6.45. The van der Waals surface area contributed by atoms with E-state index in [2.05, 4.69) is 0 Å². The minimum Gasteiger partial charge on any atom is -0.295 e. The summed E-state index contributed by atoms with van der Waals surface area (Å²) in [5.74, 6) is -9.23. The molecular formula is C22H16F5NO3S. The van der Waals surface area contributed by atoms with Crippen molar-refractivity contribution in [2.24, 2.45) is 0 Å². The lowest BCUT2D eigenvalue weighted by Gasteiger charge is -2.23. The van der Waals surface area contributed by atoms with Gasteiger partial charge in [-0.05, 0) is 30.2 Å². The zero-order chi connectivity index (χ0) is 23.6. The summed E-state index contributed by atoms with van der Waals surface area (Å²) in [5, 5.41) is 0. The number of sulfonamides is 1. The molecule has 0 aliphatic carbocycles. The molecule has 0 radical (unpaired) electrons. The maximum Gasteiger partial charge on any atom is 0.246 e. The molecule has 3 rings (SSSR count). The Morgan fingerprint density at radius 1 is 0.812 bits per heavy atom. The van der Waals surface area contributed by atoms with Crippen molar-refractivity contribution < 1.29 is 35.2 Å². The van der Waals surface area contributed by atoms with Crippen molar-refractivity contribution in [3.05, 3.63) is 100 Å². The molecule has 0 spiro atoms. The van der Waals surface area contributed by atoms with Gasteiger partial charge in [-0.2, -0.15) is 4.31 Å². The molecule has 0 amide bonds. The van der Waals surface area contributed by atoms with Crippen LogP contribution in [0, 0.1) is 29.1 Å². The third-order valence-electron chi connectivity index (χ3n) is 4.65. The van der Waals surface area contributed by atoms with E-state index < -0.39 is 57.1 Å². The number of carbonyl (C=O) groups is 1. The lowest BCUT2D eigenvalue weighted by Crippen LogP contribution is -2.31. The summed E-state index contributed by atoms with van der Waals surface area (Å²) >= 11 is 0. The number of benzene rings is 3. The quantitative estimate of drug-likeness (QED) is 0.212. The van der Waals surface area contributed by atoms with E-state index in [0.29, 0.717) is 15.4 Å². The highest BCUT2D eigenvalue weighted by atomic mass is 32.2. The minimum absolute atomic E-state index is 0.0561. The standard InChI is InChI=1S/C22H16F5NO3S/c1-13(29)16-7-5-14(6-8-16)11-28(12-15-3-2-4-17(23)9-15)32(30,31)19-10-18(24)20(25)22(27)21(19)26/h2-10H,11-12H2,1H3. The molecule has 168 valence electrons. The van der Waals surface area contributed by atoms with Gasteiger partial charge >= 0.3 is 0 Å². The van der Waals surface area contributed by atoms with E-state index in [-0.39, 0.29) is 17.4 Å². The molecule has 3 aromatic rings. The molecule has 0 aliphatic rings. The lowest BCUT2D eigenvalue weighted by atomic mass is 10.1. The Morgan fingerprint density at radius 3 is 2.03 bits per heavy atom. The number of nitrogens with zero attached hydrogens (tertiary/aromatic N) is 1. The van der Waals surface area contributed by atoms with Gasteiger partial charge in [-0.15, -0.1) is 0 Å². The Kier molecular flexibility index (Phi) is 6.75. The minimum atomic E-state index is -4.91. The highest BCUT2D eigenvalue weighted by Crippen LogP contribution is 2.27. The number of rotatable bonds is 7. The predicted molar refractivity (Wildman–Crippen MR) is 106 cm³/mol. The van der Waals surface area contributed by atoms with Crippen LogP contribution in [0.2, 0.25) is 0 Å². The number of hydrogen-bond donors (Lipinski definition) is 0. The summed E-state index contributed by atoms with van der Waals surface area (Å²) in [7, 11) is -4.91. The average molecular weight is 469 g/mol. The molecule has 32 heavy (non-hydrogen) atoms. The van der Waals surface area contributed by atoms with Gasteiger partial charge in [0.15, 0.2) is 29.1 Å². The Morgan fingerprint density at radius 2 is 1.44 bits per heavy atom. The van der Waals surface area contributed by atoms with Crippen LogP contribution >= 0.6 is 0 Å². The molecule has 0 aromatic heterocycles. The van der Waals surface area contributed by atoms with Crippen molar-refractivity contribution in [3.63, 3.8) is 0 Å². The first-order valence-corrected chi connectivity index (χ1v) is 10.6. The van der Waals surface area contributed by atoms with E-state index in [0.717, 1.165) is 12.1 Å². The maximum absolute atomic E-state index is 14.3. The number of halogens is 5. The van der Waals surface area contributed by atoms with Gasteiger partial charge < -0.3 is 0 Å². The molecule has 0 aliphatic heterocycles. The Bertz CT molecular complexity index is 1280. The van der Waals surface area contributed by atoms with Gasteiger partial charge in [-0.1, -0.05) is 36.4 Å². The number of hydrogen-bond acceptors (Lipinski definition) is 3. The monoisotopic (exact) mass is 469 g/mol. The summed E-state index contributed by atoms with van der Waals surface area (Å²) in [6.07, 6.45) is 0. The zero-order valence-corrected chi connectivity index (χ0v) is 17.4. The molecule has 0 bridgehead atoms. The maximum atomic E-state index is 14.3. The molecule has 0 heterocycles. The van der Waals surface area contributed by atoms with Crippen molar-refractivity contribution in [1.29, 1.82) is 0 Å². The molecule has 0 unspecified atom stereocenters. The number of Topliss-reactive ketones (excluding diaryl/α,β-unsaturated/α-hetero) is 1. The largest absolute Gasteiger partial charge is 0.295 e. The summed E-state index contributed by atoms with van der Waals surface area (Å²) in [4.78, 5) is 10.0. The van der Waals surface area contributed by atoms with Gasteiger partial charge in [0.05, 0.1) is 0 Å². The van der Waals surface area contributed by atoms with Gasteiger partial charge in [0.1, 0.15) is 10.7 Å².